The van der Waals surface area contributed by atoms with Crippen molar-refractivity contribution in [2.75, 3.05) is 6.61 Å². The van der Waals surface area contributed by atoms with Crippen LogP contribution in [0.1, 0.15) is 6.42 Å². The van der Waals surface area contributed by atoms with Gasteiger partial charge in [0, 0.05) is 5.92 Å². The fourth-order valence-electron chi connectivity index (χ4n) is 1.57. The molecule has 0 saturated heterocycles. The molecule has 10 heavy (non-hydrogen) atoms. The zero-order valence-corrected chi connectivity index (χ0v) is 5.75. The lowest BCUT2D eigenvalue weighted by Crippen LogP contribution is -2.02. The molecule has 0 aliphatic heterocycles. The van der Waals surface area contributed by atoms with Crippen LogP contribution in [-0.2, 0) is 0 Å². The van der Waals surface area contributed by atoms with E-state index in [2.05, 4.69) is 24.3 Å². The molecule has 2 aliphatic rings. The van der Waals surface area contributed by atoms with Crippen LogP contribution in [-0.4, -0.2) is 11.7 Å². The summed E-state index contributed by atoms with van der Waals surface area (Å²) in [6.45, 7) is 0.261. The van der Waals surface area contributed by atoms with Crippen LogP contribution < -0.4 is 0 Å². The average Bonchev–Trinajstić information content (AvgIpc) is 2.44. The van der Waals surface area contributed by atoms with Gasteiger partial charge in [0.2, 0.25) is 0 Å². The van der Waals surface area contributed by atoms with Crippen molar-refractivity contribution in [2.24, 2.45) is 5.92 Å². The molecular formula is C9H10O. The van der Waals surface area contributed by atoms with Crippen LogP contribution in [0.3, 0.4) is 0 Å². The molecule has 0 amide bonds. The Morgan fingerprint density at radius 3 is 3.20 bits per heavy atom. The summed E-state index contributed by atoms with van der Waals surface area (Å²) in [5.74, 6) is 0.310. The third-order valence-electron chi connectivity index (χ3n) is 2.16. The van der Waals surface area contributed by atoms with Crippen molar-refractivity contribution in [3.63, 3.8) is 0 Å². The number of hydrogen-bond acceptors (Lipinski definition) is 1. The van der Waals surface area contributed by atoms with E-state index < -0.39 is 0 Å². The van der Waals surface area contributed by atoms with Crippen molar-refractivity contribution < 1.29 is 5.11 Å². The SMILES string of the molecule is OCC1C=CC2=C1CC=C2. The lowest BCUT2D eigenvalue weighted by molar-refractivity contribution is 0.269. The van der Waals surface area contributed by atoms with Gasteiger partial charge in [-0.3, -0.25) is 0 Å². The minimum atomic E-state index is 0.261. The van der Waals surface area contributed by atoms with Gasteiger partial charge in [-0.25, -0.2) is 0 Å². The summed E-state index contributed by atoms with van der Waals surface area (Å²) in [4.78, 5) is 0. The summed E-state index contributed by atoms with van der Waals surface area (Å²) in [5, 5.41) is 8.90. The van der Waals surface area contributed by atoms with Crippen molar-refractivity contribution in [1.82, 2.24) is 0 Å². The molecule has 1 atom stereocenters. The van der Waals surface area contributed by atoms with E-state index in [1.165, 1.54) is 11.1 Å². The van der Waals surface area contributed by atoms with E-state index in [1.807, 2.05) is 0 Å². The number of rotatable bonds is 1. The Labute approximate surface area is 60.4 Å². The molecule has 1 nitrogen and oxygen atoms in total. The molecule has 0 aromatic heterocycles. The average molecular weight is 134 g/mol. The van der Waals surface area contributed by atoms with Crippen LogP contribution in [0, 0.1) is 5.92 Å². The van der Waals surface area contributed by atoms with E-state index in [4.69, 9.17) is 5.11 Å². The van der Waals surface area contributed by atoms with Gasteiger partial charge in [0.05, 0.1) is 6.61 Å². The summed E-state index contributed by atoms with van der Waals surface area (Å²) in [7, 11) is 0. The maximum Gasteiger partial charge on any atom is 0.0531 e. The molecule has 1 N–H and O–H groups in total. The molecule has 0 aromatic rings. The highest BCUT2D eigenvalue weighted by Crippen LogP contribution is 2.32. The second kappa shape index (κ2) is 2.10. The summed E-state index contributed by atoms with van der Waals surface area (Å²) < 4.78 is 0. The van der Waals surface area contributed by atoms with Crippen LogP contribution in [0.4, 0.5) is 0 Å². The highest BCUT2D eigenvalue weighted by molar-refractivity contribution is 5.48. The topological polar surface area (TPSA) is 20.2 Å². The molecule has 0 spiro atoms. The van der Waals surface area contributed by atoms with Gasteiger partial charge < -0.3 is 5.11 Å². The van der Waals surface area contributed by atoms with Crippen molar-refractivity contribution in [3.05, 3.63) is 35.5 Å². The predicted molar refractivity (Wildman–Crippen MR) is 40.5 cm³/mol. The molecule has 0 bridgehead atoms. The second-order valence-electron chi connectivity index (χ2n) is 2.74. The Morgan fingerprint density at radius 2 is 2.40 bits per heavy atom. The third kappa shape index (κ3) is 0.673. The summed E-state index contributed by atoms with van der Waals surface area (Å²) >= 11 is 0. The molecule has 2 aliphatic carbocycles. The number of aliphatic hydroxyl groups is 1. The van der Waals surface area contributed by atoms with Gasteiger partial charge in [0.15, 0.2) is 0 Å². The van der Waals surface area contributed by atoms with E-state index in [-0.39, 0.29) is 6.61 Å². The van der Waals surface area contributed by atoms with Gasteiger partial charge in [0.25, 0.3) is 0 Å². The van der Waals surface area contributed by atoms with Gasteiger partial charge in [-0.1, -0.05) is 29.9 Å². The Kier molecular flexibility index (Phi) is 1.24. The highest BCUT2D eigenvalue weighted by Gasteiger charge is 2.19. The number of hydrogen-bond donors (Lipinski definition) is 1. The summed E-state index contributed by atoms with van der Waals surface area (Å²) in [6.07, 6.45) is 9.49. The Balaban J connectivity index is 2.28. The van der Waals surface area contributed by atoms with Crippen LogP contribution in [0.2, 0.25) is 0 Å². The first kappa shape index (κ1) is 5.93. The van der Waals surface area contributed by atoms with Crippen molar-refractivity contribution in [3.8, 4) is 0 Å². The zero-order chi connectivity index (χ0) is 6.97. The molecule has 2 rings (SSSR count). The minimum Gasteiger partial charge on any atom is -0.395 e. The van der Waals surface area contributed by atoms with E-state index in [9.17, 15) is 0 Å². The summed E-state index contributed by atoms with van der Waals surface area (Å²) in [6, 6.07) is 0. The predicted octanol–water partition coefficient (Wildman–Crippen LogP) is 1.42. The Morgan fingerprint density at radius 1 is 1.50 bits per heavy atom. The number of allylic oxidation sites excluding steroid dienone is 4. The molecule has 0 fully saturated rings. The maximum absolute atomic E-state index is 8.90. The summed E-state index contributed by atoms with van der Waals surface area (Å²) in [5.41, 5.74) is 2.71. The smallest absolute Gasteiger partial charge is 0.0531 e. The molecule has 1 heteroatoms. The second-order valence-corrected chi connectivity index (χ2v) is 2.74. The lowest BCUT2D eigenvalue weighted by atomic mass is 10.0. The van der Waals surface area contributed by atoms with E-state index in [0.717, 1.165) is 6.42 Å². The van der Waals surface area contributed by atoms with E-state index in [0.29, 0.717) is 5.92 Å². The maximum atomic E-state index is 8.90. The fraction of sp³-hybridized carbons (Fsp3) is 0.333. The van der Waals surface area contributed by atoms with Crippen LogP contribution in [0.5, 0.6) is 0 Å². The fourth-order valence-corrected chi connectivity index (χ4v) is 1.57. The van der Waals surface area contributed by atoms with Gasteiger partial charge in [0.1, 0.15) is 0 Å². The van der Waals surface area contributed by atoms with Crippen molar-refractivity contribution in [2.45, 2.75) is 6.42 Å². The first-order chi connectivity index (χ1) is 4.92. The van der Waals surface area contributed by atoms with Crippen molar-refractivity contribution >= 4 is 0 Å². The Bertz CT molecular complexity index is 233. The van der Waals surface area contributed by atoms with E-state index in [1.54, 1.807) is 0 Å². The first-order valence-electron chi connectivity index (χ1n) is 3.60. The molecule has 0 aromatic carbocycles. The lowest BCUT2D eigenvalue weighted by Gasteiger charge is -2.06. The highest BCUT2D eigenvalue weighted by atomic mass is 16.3. The molecular weight excluding hydrogens is 124 g/mol. The molecule has 1 unspecified atom stereocenters. The van der Waals surface area contributed by atoms with Crippen LogP contribution in [0.15, 0.2) is 35.5 Å². The zero-order valence-electron chi connectivity index (χ0n) is 5.75. The number of aliphatic hydroxyl groups excluding tert-OH is 1. The molecule has 0 heterocycles. The van der Waals surface area contributed by atoms with Crippen LogP contribution in [0.25, 0.3) is 0 Å². The quantitative estimate of drug-likeness (QED) is 0.575. The molecule has 0 radical (unpaired) electrons. The third-order valence-corrected chi connectivity index (χ3v) is 2.16. The van der Waals surface area contributed by atoms with Crippen LogP contribution >= 0.6 is 0 Å². The monoisotopic (exact) mass is 134 g/mol. The van der Waals surface area contributed by atoms with Gasteiger partial charge >= 0.3 is 0 Å². The Hall–Kier alpha value is -0.820. The largest absolute Gasteiger partial charge is 0.395 e. The standard InChI is InChI=1S/C9H10O/c10-6-8-5-4-7-2-1-3-9(7)8/h1-2,4-5,8,10H,3,6H2. The minimum absolute atomic E-state index is 0.261. The van der Waals surface area contributed by atoms with Crippen molar-refractivity contribution in [1.29, 1.82) is 0 Å². The molecule has 0 saturated carbocycles. The van der Waals surface area contributed by atoms with Gasteiger partial charge in [-0.15, -0.1) is 0 Å². The van der Waals surface area contributed by atoms with Gasteiger partial charge in [-0.05, 0) is 12.0 Å². The first-order valence-corrected chi connectivity index (χ1v) is 3.60. The molecule has 52 valence electrons. The normalized spacial score (nSPS) is 28.3. The van der Waals surface area contributed by atoms with Gasteiger partial charge in [-0.2, -0.15) is 0 Å². The van der Waals surface area contributed by atoms with E-state index >= 15 is 0 Å².